The maximum atomic E-state index is 5.27. The summed E-state index contributed by atoms with van der Waals surface area (Å²) in [5.41, 5.74) is 1.17. The molecule has 2 heterocycles. The standard InChI is InChI=1S/C10H13N3S2/c1-7(2)5-8-6-9(14)13(12-8)10-11-3-4-15-10/h3-4,6-7,12H,5H2,1-2H3. The summed E-state index contributed by atoms with van der Waals surface area (Å²) in [6.07, 6.45) is 2.80. The molecule has 0 bridgehead atoms. The summed E-state index contributed by atoms with van der Waals surface area (Å²) in [6.45, 7) is 4.38. The van der Waals surface area contributed by atoms with Gasteiger partial charge in [0, 0.05) is 17.3 Å². The first-order valence-corrected chi connectivity index (χ1v) is 6.16. The van der Waals surface area contributed by atoms with Crippen molar-refractivity contribution in [2.24, 2.45) is 5.92 Å². The number of H-pyrrole nitrogens is 1. The van der Waals surface area contributed by atoms with Crippen molar-refractivity contribution in [2.75, 3.05) is 0 Å². The lowest BCUT2D eigenvalue weighted by Gasteiger charge is -2.01. The highest BCUT2D eigenvalue weighted by Gasteiger charge is 2.05. The molecule has 0 radical (unpaired) electrons. The molecule has 2 aromatic rings. The molecule has 0 fully saturated rings. The SMILES string of the molecule is CC(C)Cc1cc(=S)n(-c2nccs2)[nH]1. The normalized spacial score (nSPS) is 11.1. The van der Waals surface area contributed by atoms with Crippen LogP contribution in [0.15, 0.2) is 17.6 Å². The molecule has 5 heteroatoms. The molecule has 0 aliphatic carbocycles. The van der Waals surface area contributed by atoms with Crippen LogP contribution in [0.4, 0.5) is 0 Å². The van der Waals surface area contributed by atoms with Crippen molar-refractivity contribution >= 4 is 23.6 Å². The molecule has 0 saturated carbocycles. The van der Waals surface area contributed by atoms with Gasteiger partial charge in [-0.25, -0.2) is 9.67 Å². The summed E-state index contributed by atoms with van der Waals surface area (Å²) in [7, 11) is 0. The van der Waals surface area contributed by atoms with Crippen LogP contribution in [0.1, 0.15) is 19.5 Å². The molecule has 0 aliphatic heterocycles. The molecule has 1 N–H and O–H groups in total. The predicted molar refractivity (Wildman–Crippen MR) is 65.2 cm³/mol. The topological polar surface area (TPSA) is 33.6 Å². The van der Waals surface area contributed by atoms with E-state index < -0.39 is 0 Å². The van der Waals surface area contributed by atoms with E-state index in [1.165, 1.54) is 5.69 Å². The van der Waals surface area contributed by atoms with Gasteiger partial charge in [0.1, 0.15) is 4.64 Å². The molecule has 3 nitrogen and oxygen atoms in total. The van der Waals surface area contributed by atoms with Gasteiger partial charge in [0.05, 0.1) is 0 Å². The predicted octanol–water partition coefficient (Wildman–Crippen LogP) is 3.19. The van der Waals surface area contributed by atoms with Crippen molar-refractivity contribution in [1.82, 2.24) is 14.8 Å². The fourth-order valence-electron chi connectivity index (χ4n) is 1.46. The Kier molecular flexibility index (Phi) is 3.02. The first-order valence-electron chi connectivity index (χ1n) is 4.87. The minimum Gasteiger partial charge on any atom is -0.295 e. The molecule has 0 aromatic carbocycles. The van der Waals surface area contributed by atoms with Crippen LogP contribution < -0.4 is 0 Å². The van der Waals surface area contributed by atoms with E-state index in [0.29, 0.717) is 5.92 Å². The first-order chi connectivity index (χ1) is 7.16. The van der Waals surface area contributed by atoms with E-state index in [9.17, 15) is 0 Å². The number of hydrogen-bond acceptors (Lipinski definition) is 3. The Balaban J connectivity index is 2.34. The zero-order valence-electron chi connectivity index (χ0n) is 8.73. The minimum atomic E-state index is 0.628. The van der Waals surface area contributed by atoms with E-state index in [0.717, 1.165) is 16.2 Å². The third-order valence-electron chi connectivity index (χ3n) is 2.01. The Morgan fingerprint density at radius 1 is 1.60 bits per heavy atom. The molecule has 15 heavy (non-hydrogen) atoms. The summed E-state index contributed by atoms with van der Waals surface area (Å²) in [5, 5.41) is 6.12. The van der Waals surface area contributed by atoms with Crippen LogP contribution in [0, 0.1) is 10.6 Å². The van der Waals surface area contributed by atoms with Gasteiger partial charge in [0.2, 0.25) is 5.13 Å². The Morgan fingerprint density at radius 3 is 3.00 bits per heavy atom. The van der Waals surface area contributed by atoms with Gasteiger partial charge in [-0.3, -0.25) is 5.10 Å². The number of nitrogens with one attached hydrogen (secondary N) is 1. The molecule has 0 spiro atoms. The Hall–Kier alpha value is -0.940. The number of thiazole rings is 1. The Morgan fingerprint density at radius 2 is 2.40 bits per heavy atom. The van der Waals surface area contributed by atoms with E-state index in [-0.39, 0.29) is 0 Å². The van der Waals surface area contributed by atoms with Gasteiger partial charge in [0.15, 0.2) is 0 Å². The maximum Gasteiger partial charge on any atom is 0.209 e. The Bertz CT molecular complexity index is 479. The average Bonchev–Trinajstić information content (AvgIpc) is 2.72. The van der Waals surface area contributed by atoms with E-state index in [1.54, 1.807) is 17.5 Å². The zero-order valence-corrected chi connectivity index (χ0v) is 10.4. The lowest BCUT2D eigenvalue weighted by Crippen LogP contribution is -1.99. The highest BCUT2D eigenvalue weighted by atomic mass is 32.1. The molecule has 0 atom stereocenters. The summed E-state index contributed by atoms with van der Waals surface area (Å²) < 4.78 is 2.65. The van der Waals surface area contributed by atoms with Crippen molar-refractivity contribution < 1.29 is 0 Å². The molecule has 2 aromatic heterocycles. The van der Waals surface area contributed by atoms with Crippen LogP contribution in [0.5, 0.6) is 0 Å². The molecule has 0 aliphatic rings. The molecule has 0 saturated heterocycles. The van der Waals surface area contributed by atoms with Crippen molar-refractivity contribution in [2.45, 2.75) is 20.3 Å². The van der Waals surface area contributed by atoms with E-state index in [2.05, 4.69) is 23.9 Å². The molecular formula is C10H13N3S2. The number of aromatic nitrogens is 3. The van der Waals surface area contributed by atoms with Gasteiger partial charge in [-0.2, -0.15) is 0 Å². The second-order valence-electron chi connectivity index (χ2n) is 3.87. The van der Waals surface area contributed by atoms with Crippen LogP contribution in [0.3, 0.4) is 0 Å². The van der Waals surface area contributed by atoms with Crippen LogP contribution in [-0.2, 0) is 6.42 Å². The van der Waals surface area contributed by atoms with E-state index in [4.69, 9.17) is 12.2 Å². The fourth-order valence-corrected chi connectivity index (χ4v) is 2.40. The van der Waals surface area contributed by atoms with E-state index >= 15 is 0 Å². The molecule has 2 rings (SSSR count). The lowest BCUT2D eigenvalue weighted by atomic mass is 10.1. The number of rotatable bonds is 3. The number of hydrogen-bond donors (Lipinski definition) is 1. The average molecular weight is 239 g/mol. The zero-order chi connectivity index (χ0) is 10.8. The maximum absolute atomic E-state index is 5.27. The summed E-state index contributed by atoms with van der Waals surface area (Å²) in [6, 6.07) is 2.01. The lowest BCUT2D eigenvalue weighted by molar-refractivity contribution is 0.628. The quantitative estimate of drug-likeness (QED) is 0.835. The highest BCUT2D eigenvalue weighted by Crippen LogP contribution is 2.13. The van der Waals surface area contributed by atoms with Gasteiger partial charge < -0.3 is 0 Å². The largest absolute Gasteiger partial charge is 0.295 e. The minimum absolute atomic E-state index is 0.628. The molecule has 0 unspecified atom stereocenters. The van der Waals surface area contributed by atoms with Crippen molar-refractivity contribution in [1.29, 1.82) is 0 Å². The monoisotopic (exact) mass is 239 g/mol. The number of aromatic amines is 1. The first kappa shape index (κ1) is 10.6. The molecule has 80 valence electrons. The second kappa shape index (κ2) is 4.28. The van der Waals surface area contributed by atoms with Crippen molar-refractivity contribution in [3.05, 3.63) is 28.0 Å². The summed E-state index contributed by atoms with van der Waals surface area (Å²) in [5.74, 6) is 0.628. The smallest absolute Gasteiger partial charge is 0.209 e. The van der Waals surface area contributed by atoms with E-state index in [1.807, 2.05) is 16.1 Å². The third-order valence-corrected chi connectivity index (χ3v) is 3.07. The van der Waals surface area contributed by atoms with Crippen LogP contribution in [-0.4, -0.2) is 14.8 Å². The molecular weight excluding hydrogens is 226 g/mol. The van der Waals surface area contributed by atoms with Gasteiger partial charge in [-0.15, -0.1) is 11.3 Å². The number of nitrogens with zero attached hydrogens (tertiary/aromatic N) is 2. The summed E-state index contributed by atoms with van der Waals surface area (Å²) in [4.78, 5) is 4.22. The van der Waals surface area contributed by atoms with Gasteiger partial charge in [-0.1, -0.05) is 26.1 Å². The Labute approximate surface area is 97.8 Å². The third kappa shape index (κ3) is 2.35. The van der Waals surface area contributed by atoms with Crippen LogP contribution in [0.2, 0.25) is 0 Å². The van der Waals surface area contributed by atoms with Gasteiger partial charge in [-0.05, 0) is 18.4 Å². The highest BCUT2D eigenvalue weighted by molar-refractivity contribution is 7.71. The van der Waals surface area contributed by atoms with Gasteiger partial charge in [0.25, 0.3) is 0 Å². The summed E-state index contributed by atoms with van der Waals surface area (Å²) >= 11 is 6.85. The van der Waals surface area contributed by atoms with Crippen LogP contribution in [0.25, 0.3) is 5.13 Å². The fraction of sp³-hybridized carbons (Fsp3) is 0.400. The van der Waals surface area contributed by atoms with Crippen molar-refractivity contribution in [3.63, 3.8) is 0 Å². The second-order valence-corrected chi connectivity index (χ2v) is 5.16. The van der Waals surface area contributed by atoms with Crippen LogP contribution >= 0.6 is 23.6 Å². The molecule has 0 amide bonds. The van der Waals surface area contributed by atoms with Gasteiger partial charge >= 0.3 is 0 Å². The van der Waals surface area contributed by atoms with Crippen molar-refractivity contribution in [3.8, 4) is 5.13 Å².